The van der Waals surface area contributed by atoms with Crippen molar-refractivity contribution in [2.24, 2.45) is 5.92 Å². The molecule has 2 saturated carbocycles. The second-order valence-electron chi connectivity index (χ2n) is 11.7. The fourth-order valence-corrected chi connectivity index (χ4v) is 9.37. The molecule has 8 heteroatoms. The first-order valence-corrected chi connectivity index (χ1v) is 14.9. The Hall–Kier alpha value is -2.13. The number of hydrogen-bond donors (Lipinski definition) is 3. The SMILES string of the molecule is Cc1ccccc1CS(=O)(=O)N[C@H]1CC[C@@]2(O)[C@H]3Cc4ccc(O)c5c4[C@@]2(CCN3CC2CC2)[C@H]1O5. The van der Waals surface area contributed by atoms with Crippen molar-refractivity contribution in [3.05, 3.63) is 58.7 Å². The van der Waals surface area contributed by atoms with E-state index >= 15 is 0 Å². The highest BCUT2D eigenvalue weighted by molar-refractivity contribution is 7.88. The van der Waals surface area contributed by atoms with Gasteiger partial charge in [0.2, 0.25) is 10.0 Å². The monoisotopic (exact) mass is 510 g/mol. The number of benzene rings is 2. The van der Waals surface area contributed by atoms with E-state index in [0.717, 1.165) is 47.7 Å². The summed E-state index contributed by atoms with van der Waals surface area (Å²) in [6.45, 7) is 3.78. The maximum absolute atomic E-state index is 13.4. The third kappa shape index (κ3) is 3.17. The van der Waals surface area contributed by atoms with Gasteiger partial charge in [-0.25, -0.2) is 13.1 Å². The third-order valence-corrected chi connectivity index (χ3v) is 11.1. The van der Waals surface area contributed by atoms with Crippen molar-refractivity contribution in [2.45, 2.75) is 80.4 Å². The van der Waals surface area contributed by atoms with Crippen LogP contribution in [0.5, 0.6) is 11.5 Å². The van der Waals surface area contributed by atoms with Crippen LogP contribution in [-0.2, 0) is 27.6 Å². The Kier molecular flexibility index (Phi) is 4.92. The summed E-state index contributed by atoms with van der Waals surface area (Å²) in [5.74, 6) is 1.14. The van der Waals surface area contributed by atoms with Crippen LogP contribution < -0.4 is 9.46 Å². The molecule has 0 amide bonds. The fraction of sp³-hybridized carbons (Fsp3) is 0.571. The van der Waals surface area contributed by atoms with E-state index in [4.69, 9.17) is 4.74 Å². The van der Waals surface area contributed by atoms with E-state index in [1.165, 1.54) is 12.8 Å². The Morgan fingerprint density at radius 2 is 1.94 bits per heavy atom. The summed E-state index contributed by atoms with van der Waals surface area (Å²) in [4.78, 5) is 2.48. The lowest BCUT2D eigenvalue weighted by Crippen LogP contribution is -2.78. The average Bonchev–Trinajstić information content (AvgIpc) is 3.57. The van der Waals surface area contributed by atoms with Gasteiger partial charge in [0.1, 0.15) is 6.10 Å². The predicted molar refractivity (Wildman–Crippen MR) is 136 cm³/mol. The zero-order valence-corrected chi connectivity index (χ0v) is 21.4. The van der Waals surface area contributed by atoms with Crippen LogP contribution in [0.2, 0.25) is 0 Å². The molecule has 0 radical (unpaired) electrons. The third-order valence-electron chi connectivity index (χ3n) is 9.70. The van der Waals surface area contributed by atoms with Gasteiger partial charge in [-0.3, -0.25) is 4.90 Å². The molecular weight excluding hydrogens is 476 g/mol. The van der Waals surface area contributed by atoms with Gasteiger partial charge in [-0.05, 0) is 80.7 Å². The molecular formula is C28H34N2O5S. The molecule has 2 aromatic carbocycles. The standard InChI is InChI=1S/C28H34N2O5S/c1-17-4-2-3-5-20(17)16-36(33,34)29-21-10-11-28(32)23-14-19-8-9-22(31)25-24(19)27(28,26(21)35-25)12-13-30(23)15-18-6-7-18/h2-5,8-9,18,21,23,26,29,31-32H,6-7,10-16H2,1H3/t21-,23+,26-,27-,28+/m0/s1. The number of aryl methyl sites for hydroxylation is 1. The number of rotatable bonds is 6. The number of nitrogens with zero attached hydrogens (tertiary/aromatic N) is 1. The van der Waals surface area contributed by atoms with Gasteiger partial charge in [0.05, 0.1) is 22.8 Å². The summed E-state index contributed by atoms with van der Waals surface area (Å²) in [5, 5.41) is 23.3. The summed E-state index contributed by atoms with van der Waals surface area (Å²) >= 11 is 0. The molecule has 2 bridgehead atoms. The molecule has 1 saturated heterocycles. The fourth-order valence-electron chi connectivity index (χ4n) is 7.85. The van der Waals surface area contributed by atoms with Crippen molar-refractivity contribution in [1.82, 2.24) is 9.62 Å². The molecule has 36 heavy (non-hydrogen) atoms. The first kappa shape index (κ1) is 23.0. The number of aliphatic hydroxyl groups is 1. The van der Waals surface area contributed by atoms with Crippen molar-refractivity contribution in [1.29, 1.82) is 0 Å². The van der Waals surface area contributed by atoms with E-state index < -0.39 is 33.2 Å². The minimum absolute atomic E-state index is 0.0227. The van der Waals surface area contributed by atoms with Crippen LogP contribution in [0.4, 0.5) is 0 Å². The molecule has 2 aliphatic heterocycles. The topological polar surface area (TPSA) is 99.1 Å². The highest BCUT2D eigenvalue weighted by atomic mass is 32.2. The lowest BCUT2D eigenvalue weighted by Gasteiger charge is -2.64. The Morgan fingerprint density at radius 3 is 2.72 bits per heavy atom. The normalized spacial score (nSPS) is 34.8. The van der Waals surface area contributed by atoms with Crippen molar-refractivity contribution >= 4 is 10.0 Å². The molecule has 3 aliphatic carbocycles. The molecule has 2 aromatic rings. The van der Waals surface area contributed by atoms with Crippen molar-refractivity contribution < 1.29 is 23.4 Å². The molecule has 7 nitrogen and oxygen atoms in total. The zero-order chi connectivity index (χ0) is 24.9. The first-order valence-electron chi connectivity index (χ1n) is 13.2. The molecule has 7 rings (SSSR count). The quantitative estimate of drug-likeness (QED) is 0.553. The number of phenols is 1. The Balaban J connectivity index is 1.27. The molecule has 2 heterocycles. The van der Waals surface area contributed by atoms with Crippen molar-refractivity contribution in [2.75, 3.05) is 13.1 Å². The summed E-state index contributed by atoms with van der Waals surface area (Å²) < 4.78 is 36.2. The highest BCUT2D eigenvalue weighted by Gasteiger charge is 2.73. The zero-order valence-electron chi connectivity index (χ0n) is 20.6. The van der Waals surface area contributed by atoms with Crippen molar-refractivity contribution in [3.63, 3.8) is 0 Å². The van der Waals surface area contributed by atoms with E-state index in [2.05, 4.69) is 9.62 Å². The molecule has 192 valence electrons. The largest absolute Gasteiger partial charge is 0.504 e. The number of hydrogen-bond acceptors (Lipinski definition) is 6. The van der Waals surface area contributed by atoms with Gasteiger partial charge in [-0.15, -0.1) is 0 Å². The second kappa shape index (κ2) is 7.69. The summed E-state index contributed by atoms with van der Waals surface area (Å²) in [7, 11) is -3.66. The number of nitrogens with one attached hydrogen (secondary N) is 1. The van der Waals surface area contributed by atoms with Gasteiger partial charge in [-0.1, -0.05) is 30.3 Å². The molecule has 0 aromatic heterocycles. The predicted octanol–water partition coefficient (Wildman–Crippen LogP) is 2.75. The summed E-state index contributed by atoms with van der Waals surface area (Å²) in [6, 6.07) is 10.7. The van der Waals surface area contributed by atoms with Crippen LogP contribution in [0, 0.1) is 12.8 Å². The van der Waals surface area contributed by atoms with E-state index in [-0.39, 0.29) is 17.5 Å². The van der Waals surface area contributed by atoms with E-state index in [1.54, 1.807) is 6.07 Å². The Labute approximate surface area is 212 Å². The number of phenolic OH excluding ortho intramolecular Hbond substituents is 1. The maximum atomic E-state index is 13.4. The van der Waals surface area contributed by atoms with Crippen LogP contribution >= 0.6 is 0 Å². The number of sulfonamides is 1. The molecule has 3 N–H and O–H groups in total. The summed E-state index contributed by atoms with van der Waals surface area (Å²) in [5.41, 5.74) is 2.00. The smallest absolute Gasteiger partial charge is 0.216 e. The number of piperidine rings is 1. The van der Waals surface area contributed by atoms with Gasteiger partial charge in [0.15, 0.2) is 11.5 Å². The molecule has 1 spiro atoms. The van der Waals surface area contributed by atoms with Gasteiger partial charge >= 0.3 is 0 Å². The lowest BCUT2D eigenvalue weighted by molar-refractivity contribution is -0.190. The molecule has 5 aliphatic rings. The van der Waals surface area contributed by atoms with Crippen LogP contribution in [0.1, 0.15) is 54.4 Å². The van der Waals surface area contributed by atoms with Gasteiger partial charge in [0.25, 0.3) is 0 Å². The second-order valence-corrected chi connectivity index (χ2v) is 13.5. The maximum Gasteiger partial charge on any atom is 0.216 e. The van der Waals surface area contributed by atoms with E-state index in [9.17, 15) is 18.6 Å². The molecule has 0 unspecified atom stereocenters. The Morgan fingerprint density at radius 1 is 1.14 bits per heavy atom. The molecule has 3 fully saturated rings. The Bertz CT molecular complexity index is 1340. The lowest BCUT2D eigenvalue weighted by atomic mass is 9.48. The van der Waals surface area contributed by atoms with Gasteiger partial charge in [0, 0.05) is 18.2 Å². The van der Waals surface area contributed by atoms with Crippen LogP contribution in [-0.4, -0.2) is 60.4 Å². The van der Waals surface area contributed by atoms with Crippen LogP contribution in [0.15, 0.2) is 36.4 Å². The van der Waals surface area contributed by atoms with Crippen LogP contribution in [0.25, 0.3) is 0 Å². The number of ether oxygens (including phenoxy) is 1. The van der Waals surface area contributed by atoms with Gasteiger partial charge in [-0.2, -0.15) is 0 Å². The van der Waals surface area contributed by atoms with E-state index in [1.807, 2.05) is 37.3 Å². The van der Waals surface area contributed by atoms with Crippen LogP contribution in [0.3, 0.4) is 0 Å². The van der Waals surface area contributed by atoms with Gasteiger partial charge < -0.3 is 14.9 Å². The first-order chi connectivity index (χ1) is 17.2. The van der Waals surface area contributed by atoms with Crippen molar-refractivity contribution in [3.8, 4) is 11.5 Å². The highest BCUT2D eigenvalue weighted by Crippen LogP contribution is 2.65. The number of likely N-dealkylation sites (tertiary alicyclic amines) is 1. The molecule has 5 atom stereocenters. The van der Waals surface area contributed by atoms with E-state index in [0.29, 0.717) is 25.0 Å². The minimum Gasteiger partial charge on any atom is -0.504 e. The minimum atomic E-state index is -3.66. The average molecular weight is 511 g/mol. The summed E-state index contributed by atoms with van der Waals surface area (Å²) in [6.07, 6.45) is 4.38. The number of aromatic hydroxyl groups is 1.